The average molecular weight is 1680 g/mol. The monoisotopic (exact) mass is 1680 g/mol. The third-order valence-electron chi connectivity index (χ3n) is 19.2. The van der Waals surface area contributed by atoms with Gasteiger partial charge in [0.2, 0.25) is 65.0 Å². The Hall–Kier alpha value is -8.22. The van der Waals surface area contributed by atoms with Gasteiger partial charge in [-0.15, -0.1) is 11.8 Å². The lowest BCUT2D eigenvalue weighted by atomic mass is 9.90. The molecular weight excluding hydrogens is 1560 g/mol. The van der Waals surface area contributed by atoms with E-state index < -0.39 is 305 Å². The Bertz CT molecular complexity index is 3350. The molecule has 21 atom stereocenters. The van der Waals surface area contributed by atoms with Gasteiger partial charge in [0.25, 0.3) is 0 Å². The smallest absolute Gasteiger partial charge is 0.327 e. The van der Waals surface area contributed by atoms with Gasteiger partial charge in [-0.3, -0.25) is 67.2 Å². The number of ketones is 2. The van der Waals surface area contributed by atoms with Crippen LogP contribution in [0.4, 0.5) is 5.69 Å². The molecule has 27 N–H and O–H groups in total. The number of thioether (sulfide) groups is 1. The van der Waals surface area contributed by atoms with Crippen LogP contribution in [-0.2, 0) is 78.3 Å². The number of nitrogens with one attached hydrogen (secondary N) is 9. The Morgan fingerprint density at radius 2 is 0.940 bits per heavy atom. The maximum atomic E-state index is 14.5. The van der Waals surface area contributed by atoms with Crippen LogP contribution >= 0.6 is 11.8 Å². The number of rotatable bonds is 60. The molecule has 1 unspecified atom stereocenters. The van der Waals surface area contributed by atoms with E-state index in [-0.39, 0.29) is 51.5 Å². The summed E-state index contributed by atoms with van der Waals surface area (Å²) in [4.78, 5) is 201. The number of nitrogens with zero attached hydrogens (tertiary/aromatic N) is 1. The number of Topliss-reactive ketones (excluding diaryl/α,β-unsaturated/α-hetero) is 2. The highest BCUT2D eigenvalue weighted by Crippen LogP contribution is 2.28. The van der Waals surface area contributed by atoms with Crippen molar-refractivity contribution in [1.82, 2.24) is 47.4 Å². The number of aliphatic carboxylic acids is 1. The minimum absolute atomic E-state index is 0.0632. The SMILES string of the molecule is CC[C@@H](NC(=O)[C@H](CCC(=O)NC[C@H](O)[C@@H](O)[C@H](O)[C@H](O)CO)CC(=O)[C@@H](CC)NC(=O)[C@@H](N)CCC(=O)NC[C@H](O)[C@@H](O)[C@H](O)[C@H](O)CO)C(=O)C[C@@H](CCC(=O)NC[C@H](O)[C@@H](O)[C@H](O)[C@H](O)CO)C(=O)N[C@H](CSC1CC(=O)N(CCCCCC(=O)N[C@H](C(=O)N[C@@H](C)C(=O)Nc2ccc(CCC=O)cc2)C(C)C)C1=O)C(=O)O. The Morgan fingerprint density at radius 1 is 0.517 bits per heavy atom. The largest absolute Gasteiger partial charge is 0.480 e. The van der Waals surface area contributed by atoms with Crippen LogP contribution < -0.4 is 53.6 Å². The van der Waals surface area contributed by atoms with Crippen molar-refractivity contribution in [3.05, 3.63) is 29.8 Å². The zero-order valence-corrected chi connectivity index (χ0v) is 66.3. The lowest BCUT2D eigenvalue weighted by molar-refractivity contribution is -0.142. The van der Waals surface area contributed by atoms with E-state index in [1.807, 2.05) is 0 Å². The average Bonchev–Trinajstić information content (AvgIpc) is 1.69. The van der Waals surface area contributed by atoms with Crippen LogP contribution in [0.5, 0.6) is 0 Å². The number of amides is 11. The summed E-state index contributed by atoms with van der Waals surface area (Å²) < 4.78 is 0. The fraction of sp³-hybridized carbons (Fsp3) is 0.712. The molecule has 2 rings (SSSR count). The number of carbonyl (C=O) groups is 15. The standard InChI is InChI=1S/C73H119N11O31S/c1-6-43(80-68(109)39(16-21-55(97)75-29-48(91)61(102)64(105)51(94)32-86)26-47(90)44(7-2)81-70(111)42(74)20-23-57(99)77-31-50(93)63(104)66(107)53(96)34-88)46(89)27-40(17-22-56(98)76-30-49(92)62(103)65(106)52(95)33-87)69(110)82-45(73(114)115)35-116-54-28-59(101)84(72(54)113)24-10-8-9-13-58(100)83-60(36(3)4)71(112)78-37(5)67(108)79-41-18-14-38(15-19-41)12-11-25-85/h14-15,18-19,25,36-37,39-40,42-45,48-54,60-66,86-88,91-96,102-107H,6-13,16-17,20-24,26-35,74H2,1-5H3,(H,75,97)(H,76,98)(H,77,99)(H,78,112)(H,79,108)(H,80,109)(H,81,111)(H,82,110)(H,83,100)(H,114,115)/t37-,39+,40+,42-,43+,44+,45+,48-,49-,50-,51+,52+,53+,54?,60-,61+,62+,63+,64+,65+,66+/m0/s1. The fourth-order valence-electron chi connectivity index (χ4n) is 11.6. The first-order chi connectivity index (χ1) is 54.6. The van der Waals surface area contributed by atoms with Gasteiger partial charge in [-0.05, 0) is 81.9 Å². The molecular formula is C73H119N11O31S. The molecule has 1 aliphatic heterocycles. The van der Waals surface area contributed by atoms with E-state index in [9.17, 15) is 143 Å². The third-order valence-corrected chi connectivity index (χ3v) is 20.5. The molecule has 0 radical (unpaired) electrons. The van der Waals surface area contributed by atoms with Crippen LogP contribution in [0, 0.1) is 17.8 Å². The number of carboxylic acids is 1. The van der Waals surface area contributed by atoms with Crippen molar-refractivity contribution in [2.45, 2.75) is 259 Å². The first-order valence-corrected chi connectivity index (χ1v) is 39.3. The normalized spacial score (nSPS) is 18.2. The van der Waals surface area contributed by atoms with Crippen molar-refractivity contribution in [3.63, 3.8) is 0 Å². The van der Waals surface area contributed by atoms with Gasteiger partial charge in [0.15, 0.2) is 11.6 Å². The number of imide groups is 1. The number of carboxylic acid groups (broad SMARTS) is 1. The minimum Gasteiger partial charge on any atom is -0.480 e. The molecule has 0 bridgehead atoms. The Morgan fingerprint density at radius 3 is 1.35 bits per heavy atom. The number of unbranched alkanes of at least 4 members (excludes halogenated alkanes) is 2. The summed E-state index contributed by atoms with van der Waals surface area (Å²) in [5.74, 6) is -16.6. The van der Waals surface area contributed by atoms with Crippen molar-refractivity contribution >= 4 is 106 Å². The molecule has 42 nitrogen and oxygen atoms in total. The lowest BCUT2D eigenvalue weighted by Crippen LogP contribution is -2.53. The van der Waals surface area contributed by atoms with Gasteiger partial charge in [0, 0.05) is 101 Å². The topological polar surface area (TPSA) is 717 Å². The highest BCUT2D eigenvalue weighted by atomic mass is 32.2. The van der Waals surface area contributed by atoms with Crippen molar-refractivity contribution in [3.8, 4) is 0 Å². The van der Waals surface area contributed by atoms with Crippen molar-refractivity contribution in [2.24, 2.45) is 23.5 Å². The van der Waals surface area contributed by atoms with Crippen molar-refractivity contribution in [1.29, 1.82) is 0 Å². The number of aliphatic hydroxyl groups is 15. The van der Waals surface area contributed by atoms with Gasteiger partial charge in [0.1, 0.15) is 79.3 Å². The summed E-state index contributed by atoms with van der Waals surface area (Å²) in [6.07, 6.45) is -27.2. The predicted octanol–water partition coefficient (Wildman–Crippen LogP) is -9.34. The Balaban J connectivity index is 2.33. The quantitative estimate of drug-likeness (QED) is 0.0164. The van der Waals surface area contributed by atoms with Crippen LogP contribution in [0.3, 0.4) is 0 Å². The zero-order chi connectivity index (χ0) is 87.8. The van der Waals surface area contributed by atoms with Gasteiger partial charge in [-0.2, -0.15) is 0 Å². The number of aryl methyl sites for hydroxylation is 1. The number of anilines is 1. The van der Waals surface area contributed by atoms with Crippen LogP contribution in [0.1, 0.15) is 143 Å². The molecule has 1 fully saturated rings. The molecule has 0 saturated carbocycles. The third kappa shape index (κ3) is 36.3. The van der Waals surface area contributed by atoms with Crippen LogP contribution in [0.25, 0.3) is 0 Å². The number of nitrogens with two attached hydrogens (primary N) is 1. The second-order valence-electron chi connectivity index (χ2n) is 28.7. The molecule has 658 valence electrons. The van der Waals surface area contributed by atoms with E-state index in [1.54, 1.807) is 38.1 Å². The van der Waals surface area contributed by atoms with Gasteiger partial charge in [-0.1, -0.05) is 46.2 Å². The molecule has 1 aromatic rings. The van der Waals surface area contributed by atoms with E-state index in [0.717, 1.165) is 16.7 Å². The first-order valence-electron chi connectivity index (χ1n) is 38.2. The van der Waals surface area contributed by atoms with E-state index in [2.05, 4.69) is 47.9 Å². The van der Waals surface area contributed by atoms with Crippen LogP contribution in [0.15, 0.2) is 24.3 Å². The zero-order valence-electron chi connectivity index (χ0n) is 65.5. The van der Waals surface area contributed by atoms with E-state index >= 15 is 0 Å². The van der Waals surface area contributed by atoms with Crippen molar-refractivity contribution < 1.29 is 154 Å². The van der Waals surface area contributed by atoms with E-state index in [1.165, 1.54) is 20.8 Å². The molecule has 1 aliphatic rings. The molecule has 0 aliphatic carbocycles. The highest BCUT2D eigenvalue weighted by molar-refractivity contribution is 8.00. The summed E-state index contributed by atoms with van der Waals surface area (Å²) in [5, 5.41) is 179. The minimum atomic E-state index is -2.12. The van der Waals surface area contributed by atoms with Gasteiger partial charge < -0.3 is 140 Å². The summed E-state index contributed by atoms with van der Waals surface area (Å²) in [6.45, 7) is 2.36. The van der Waals surface area contributed by atoms with Crippen LogP contribution in [-0.4, -0.2) is 342 Å². The van der Waals surface area contributed by atoms with Crippen molar-refractivity contribution in [2.75, 3.05) is 57.1 Å². The maximum absolute atomic E-state index is 14.5. The molecule has 0 spiro atoms. The summed E-state index contributed by atoms with van der Waals surface area (Å²) in [6, 6.07) is -1.55. The highest BCUT2D eigenvalue weighted by Gasteiger charge is 2.41. The van der Waals surface area contributed by atoms with Gasteiger partial charge in [-0.25, -0.2) is 4.79 Å². The number of likely N-dealkylation sites (tertiary alicyclic amines) is 1. The van der Waals surface area contributed by atoms with Gasteiger partial charge in [0.05, 0.1) is 61.5 Å². The second-order valence-corrected chi connectivity index (χ2v) is 30.0. The number of carbonyl (C=O) groups excluding carboxylic acids is 14. The molecule has 1 saturated heterocycles. The molecule has 43 heteroatoms. The Labute approximate surface area is 673 Å². The number of hydrogen-bond donors (Lipinski definition) is 26. The Kier molecular flexibility index (Phi) is 48.3. The van der Waals surface area contributed by atoms with E-state index in [0.29, 0.717) is 36.7 Å². The lowest BCUT2D eigenvalue weighted by Gasteiger charge is -2.26. The van der Waals surface area contributed by atoms with Crippen LogP contribution in [0.2, 0.25) is 0 Å². The number of benzene rings is 1. The number of aldehydes is 1. The summed E-state index contributed by atoms with van der Waals surface area (Å²) >= 11 is 0.696. The molecule has 1 heterocycles. The molecule has 11 amide bonds. The molecule has 0 aromatic heterocycles. The molecule has 1 aromatic carbocycles. The number of aliphatic hydroxyl groups excluding tert-OH is 15. The second kappa shape index (κ2) is 54.0. The van der Waals surface area contributed by atoms with E-state index in [4.69, 9.17) is 15.9 Å². The van der Waals surface area contributed by atoms with Gasteiger partial charge >= 0.3 is 5.97 Å². The summed E-state index contributed by atoms with van der Waals surface area (Å²) in [5.41, 5.74) is 7.40. The first kappa shape index (κ1) is 104. The summed E-state index contributed by atoms with van der Waals surface area (Å²) in [7, 11) is 0. The number of hydrogen-bond acceptors (Lipinski definition) is 32. The maximum Gasteiger partial charge on any atom is 0.327 e. The predicted molar refractivity (Wildman–Crippen MR) is 408 cm³/mol. The fourth-order valence-corrected chi connectivity index (χ4v) is 12.8. The molecule has 116 heavy (non-hydrogen) atoms.